The Morgan fingerprint density at radius 3 is 2.68 bits per heavy atom. The van der Waals surface area contributed by atoms with Gasteiger partial charge in [0.25, 0.3) is 0 Å². The zero-order valence-electron chi connectivity index (χ0n) is 16.7. The van der Waals surface area contributed by atoms with Gasteiger partial charge in [-0.2, -0.15) is 4.68 Å². The molecule has 1 aliphatic rings. The number of aromatic nitrogens is 4. The summed E-state index contributed by atoms with van der Waals surface area (Å²) in [6.45, 7) is 0.502. The Hall–Kier alpha value is -3.18. The van der Waals surface area contributed by atoms with E-state index >= 15 is 0 Å². The quantitative estimate of drug-likeness (QED) is 0.448. The van der Waals surface area contributed by atoms with E-state index in [0.29, 0.717) is 29.5 Å². The summed E-state index contributed by atoms with van der Waals surface area (Å²) in [4.78, 5) is 12.3. The minimum atomic E-state index is -3.20. The second-order valence-electron chi connectivity index (χ2n) is 6.78. The number of carbonyl (C=O) groups excluding carboxylic acids is 1. The van der Waals surface area contributed by atoms with E-state index in [-0.39, 0.29) is 11.7 Å². The fourth-order valence-electron chi connectivity index (χ4n) is 3.22. The maximum Gasteiger partial charge on any atom is 0.248 e. The van der Waals surface area contributed by atoms with Crippen LogP contribution in [0.15, 0.2) is 59.8 Å². The number of tetrazole rings is 1. The van der Waals surface area contributed by atoms with E-state index < -0.39 is 10.0 Å². The molecule has 0 bridgehead atoms. The fraction of sp³-hybridized carbons (Fsp3) is 0.200. The van der Waals surface area contributed by atoms with E-state index in [9.17, 15) is 13.2 Å². The van der Waals surface area contributed by atoms with Crippen molar-refractivity contribution in [2.75, 3.05) is 28.2 Å². The lowest BCUT2D eigenvalue weighted by molar-refractivity contribution is -0.111. The van der Waals surface area contributed by atoms with Gasteiger partial charge in [-0.15, -0.1) is 5.10 Å². The molecule has 0 unspecified atom stereocenters. The Morgan fingerprint density at radius 2 is 1.97 bits per heavy atom. The number of hydrogen-bond acceptors (Lipinski definition) is 7. The van der Waals surface area contributed by atoms with E-state index in [2.05, 4.69) is 20.8 Å². The highest BCUT2D eigenvalue weighted by Gasteiger charge is 2.28. The molecule has 0 atom stereocenters. The first-order valence-corrected chi connectivity index (χ1v) is 12.3. The summed E-state index contributed by atoms with van der Waals surface area (Å²) in [5.41, 5.74) is 2.79. The molecule has 0 spiro atoms. The molecular weight excluding hydrogens is 436 g/mol. The molecule has 3 aromatic rings. The number of rotatable bonds is 6. The Kier molecular flexibility index (Phi) is 6.05. The van der Waals surface area contributed by atoms with Gasteiger partial charge < -0.3 is 5.32 Å². The first-order valence-electron chi connectivity index (χ1n) is 9.49. The fourth-order valence-corrected chi connectivity index (χ4v) is 5.22. The number of hydrogen-bond donors (Lipinski definition) is 1. The maximum absolute atomic E-state index is 12.3. The van der Waals surface area contributed by atoms with Gasteiger partial charge in [0.05, 0.1) is 17.1 Å². The van der Waals surface area contributed by atoms with Crippen LogP contribution in [0.4, 0.5) is 11.4 Å². The summed E-state index contributed by atoms with van der Waals surface area (Å²) in [5.74, 6) is -0.104. The van der Waals surface area contributed by atoms with E-state index in [1.807, 2.05) is 18.4 Å². The Morgan fingerprint density at radius 1 is 1.16 bits per heavy atom. The van der Waals surface area contributed by atoms with Gasteiger partial charge in [0.15, 0.2) is 0 Å². The van der Waals surface area contributed by atoms with Crippen molar-refractivity contribution in [3.8, 4) is 5.69 Å². The predicted molar refractivity (Wildman–Crippen MR) is 121 cm³/mol. The molecule has 1 aliphatic heterocycles. The highest BCUT2D eigenvalue weighted by Crippen LogP contribution is 2.24. The van der Waals surface area contributed by atoms with Crippen LogP contribution in [0, 0.1) is 0 Å². The molecule has 1 aromatic heterocycles. The Bertz CT molecular complexity index is 1220. The zero-order valence-corrected chi connectivity index (χ0v) is 18.3. The van der Waals surface area contributed by atoms with Crippen LogP contribution in [0.5, 0.6) is 0 Å². The molecule has 0 radical (unpaired) electrons. The third-order valence-corrected chi connectivity index (χ3v) is 7.18. The molecule has 1 N–H and O–H groups in total. The first-order chi connectivity index (χ1) is 15.0. The minimum absolute atomic E-state index is 0.183. The van der Waals surface area contributed by atoms with Crippen LogP contribution in [-0.2, 0) is 14.8 Å². The van der Waals surface area contributed by atoms with Gasteiger partial charge in [-0.1, -0.05) is 30.0 Å². The second kappa shape index (κ2) is 8.90. The summed E-state index contributed by atoms with van der Waals surface area (Å²) < 4.78 is 27.1. The van der Waals surface area contributed by atoms with Gasteiger partial charge >= 0.3 is 0 Å². The van der Waals surface area contributed by atoms with Gasteiger partial charge in [0.2, 0.25) is 21.1 Å². The molecule has 1 amide bonds. The van der Waals surface area contributed by atoms with Crippen LogP contribution < -0.4 is 9.62 Å². The van der Waals surface area contributed by atoms with Crippen LogP contribution in [0.2, 0.25) is 0 Å². The molecule has 0 saturated carbocycles. The van der Waals surface area contributed by atoms with Crippen molar-refractivity contribution in [3.05, 3.63) is 60.2 Å². The average Bonchev–Trinajstić information content (AvgIpc) is 3.38. The van der Waals surface area contributed by atoms with Crippen LogP contribution in [0.25, 0.3) is 11.8 Å². The summed E-state index contributed by atoms with van der Waals surface area (Å²) in [6, 6.07) is 14.3. The smallest absolute Gasteiger partial charge is 0.248 e. The number of anilines is 2. The van der Waals surface area contributed by atoms with E-state index in [1.165, 1.54) is 22.1 Å². The van der Waals surface area contributed by atoms with Crippen LogP contribution in [0.1, 0.15) is 12.0 Å². The number of sulfonamides is 1. The number of benzene rings is 2. The topological polar surface area (TPSA) is 110 Å². The SMILES string of the molecule is CSc1nnnn1-c1cccc(NC(=O)/C=C/c2ccc(N3CCCS3(=O)=O)cc2)c1. The minimum Gasteiger partial charge on any atom is -0.322 e. The monoisotopic (exact) mass is 456 g/mol. The van der Waals surface area contributed by atoms with Crippen molar-refractivity contribution >= 4 is 45.1 Å². The highest BCUT2D eigenvalue weighted by atomic mass is 32.2. The van der Waals surface area contributed by atoms with Crippen LogP contribution >= 0.6 is 11.8 Å². The molecule has 4 rings (SSSR count). The largest absolute Gasteiger partial charge is 0.322 e. The molecule has 11 heteroatoms. The standard InChI is InChI=1S/C20H20N6O3S2/c1-30-20-22-23-24-26(20)18-5-2-4-16(14-18)21-19(27)11-8-15-6-9-17(10-7-15)25-12-3-13-31(25,28)29/h2,4-11,14H,3,12-13H2,1H3,(H,21,27)/b11-8+. The molecule has 9 nitrogen and oxygen atoms in total. The predicted octanol–water partition coefficient (Wildman–Crippen LogP) is 2.58. The third kappa shape index (κ3) is 4.78. The summed E-state index contributed by atoms with van der Waals surface area (Å²) in [6.07, 6.45) is 5.62. The number of amides is 1. The molecule has 31 heavy (non-hydrogen) atoms. The summed E-state index contributed by atoms with van der Waals surface area (Å²) >= 11 is 1.42. The number of thioether (sulfide) groups is 1. The van der Waals surface area contributed by atoms with Crippen molar-refractivity contribution in [1.82, 2.24) is 20.2 Å². The normalized spacial score (nSPS) is 15.5. The van der Waals surface area contributed by atoms with Gasteiger partial charge in [0, 0.05) is 18.3 Å². The number of carbonyl (C=O) groups is 1. The van der Waals surface area contributed by atoms with E-state index in [0.717, 1.165) is 11.3 Å². The average molecular weight is 457 g/mol. The van der Waals surface area contributed by atoms with Crippen LogP contribution in [-0.4, -0.2) is 53.1 Å². The molecular formula is C20H20N6O3S2. The lowest BCUT2D eigenvalue weighted by atomic mass is 10.2. The lowest BCUT2D eigenvalue weighted by Gasteiger charge is -2.16. The van der Waals surface area contributed by atoms with Crippen LogP contribution in [0.3, 0.4) is 0 Å². The number of nitrogens with zero attached hydrogens (tertiary/aromatic N) is 5. The van der Waals surface area contributed by atoms with Crippen molar-refractivity contribution < 1.29 is 13.2 Å². The Balaban J connectivity index is 1.42. The molecule has 0 aliphatic carbocycles. The first kappa shape index (κ1) is 21.1. The van der Waals surface area contributed by atoms with Gasteiger partial charge in [-0.3, -0.25) is 9.10 Å². The van der Waals surface area contributed by atoms with Crippen molar-refractivity contribution in [1.29, 1.82) is 0 Å². The van der Waals surface area contributed by atoms with E-state index in [1.54, 1.807) is 47.2 Å². The molecule has 1 saturated heterocycles. The molecule has 2 heterocycles. The molecule has 1 fully saturated rings. The Labute approximate surface area is 184 Å². The van der Waals surface area contributed by atoms with Gasteiger partial charge in [0.1, 0.15) is 0 Å². The zero-order chi connectivity index (χ0) is 21.8. The maximum atomic E-state index is 12.3. The third-order valence-electron chi connectivity index (χ3n) is 4.69. The highest BCUT2D eigenvalue weighted by molar-refractivity contribution is 7.98. The molecule has 160 valence electrons. The van der Waals surface area contributed by atoms with Crippen molar-refractivity contribution in [2.45, 2.75) is 11.6 Å². The lowest BCUT2D eigenvalue weighted by Crippen LogP contribution is -2.24. The summed E-state index contributed by atoms with van der Waals surface area (Å²) in [5, 5.41) is 15.0. The number of nitrogens with one attached hydrogen (secondary N) is 1. The van der Waals surface area contributed by atoms with E-state index in [4.69, 9.17) is 0 Å². The van der Waals surface area contributed by atoms with Gasteiger partial charge in [-0.05, 0) is 65.1 Å². The summed E-state index contributed by atoms with van der Waals surface area (Å²) in [7, 11) is -3.20. The molecule has 2 aromatic carbocycles. The van der Waals surface area contributed by atoms with Gasteiger partial charge in [-0.25, -0.2) is 8.42 Å². The second-order valence-corrected chi connectivity index (χ2v) is 9.57. The van der Waals surface area contributed by atoms with Crippen molar-refractivity contribution in [2.24, 2.45) is 0 Å². The van der Waals surface area contributed by atoms with Crippen molar-refractivity contribution in [3.63, 3.8) is 0 Å².